The van der Waals surface area contributed by atoms with Crippen LogP contribution < -0.4 is 0 Å². The molecule has 2 heterocycles. The molecule has 2 rings (SSSR count). The molecule has 0 amide bonds. The largest absolute Gasteiger partial charge is 0.477 e. The van der Waals surface area contributed by atoms with Gasteiger partial charge in [0, 0.05) is 13.1 Å². The van der Waals surface area contributed by atoms with Gasteiger partial charge < -0.3 is 14.7 Å². The van der Waals surface area contributed by atoms with Gasteiger partial charge in [0.2, 0.25) is 0 Å². The number of carboxylic acid groups (broad SMARTS) is 1. The van der Waals surface area contributed by atoms with Crippen LogP contribution in [-0.2, 0) is 11.2 Å². The van der Waals surface area contributed by atoms with Gasteiger partial charge in [0.1, 0.15) is 16.0 Å². The lowest BCUT2D eigenvalue weighted by Crippen LogP contribution is -2.35. The van der Waals surface area contributed by atoms with E-state index in [2.05, 4.69) is 23.7 Å². The van der Waals surface area contributed by atoms with Gasteiger partial charge in [-0.1, -0.05) is 13.8 Å². The Kier molecular flexibility index (Phi) is 4.54. The summed E-state index contributed by atoms with van der Waals surface area (Å²) in [4.78, 5) is 18.3. The fraction of sp³-hybridized carbons (Fsp3) is 0.692. The minimum atomic E-state index is -0.886. The van der Waals surface area contributed by atoms with Gasteiger partial charge in [0.25, 0.3) is 0 Å². The van der Waals surface area contributed by atoms with Crippen LogP contribution in [-0.4, -0.2) is 47.7 Å². The van der Waals surface area contributed by atoms with E-state index in [1.54, 1.807) is 0 Å². The average Bonchev–Trinajstić information content (AvgIpc) is 2.72. The van der Waals surface area contributed by atoms with Crippen LogP contribution in [0.5, 0.6) is 0 Å². The third-order valence-electron chi connectivity index (χ3n) is 3.05. The van der Waals surface area contributed by atoms with E-state index < -0.39 is 5.97 Å². The van der Waals surface area contributed by atoms with Crippen molar-refractivity contribution in [1.29, 1.82) is 0 Å². The molecule has 1 atom stereocenters. The first-order valence-corrected chi connectivity index (χ1v) is 7.32. The molecule has 5 nitrogen and oxygen atoms in total. The van der Waals surface area contributed by atoms with Crippen LogP contribution in [0.2, 0.25) is 0 Å². The lowest BCUT2D eigenvalue weighted by Gasteiger charge is -2.28. The molecule has 0 aliphatic carbocycles. The Morgan fingerprint density at radius 1 is 1.63 bits per heavy atom. The molecule has 0 aromatic carbocycles. The molecular formula is C13H20N2O3S. The van der Waals surface area contributed by atoms with Gasteiger partial charge >= 0.3 is 5.97 Å². The van der Waals surface area contributed by atoms with Gasteiger partial charge in [0.05, 0.1) is 12.3 Å². The van der Waals surface area contributed by atoms with Crippen molar-refractivity contribution in [2.75, 3.05) is 26.7 Å². The fourth-order valence-corrected chi connectivity index (χ4v) is 3.10. The van der Waals surface area contributed by atoms with E-state index >= 15 is 0 Å². The third-order valence-corrected chi connectivity index (χ3v) is 4.23. The number of ether oxygens (including phenoxy) is 1. The highest BCUT2D eigenvalue weighted by molar-refractivity contribution is 7.13. The first kappa shape index (κ1) is 14.4. The summed E-state index contributed by atoms with van der Waals surface area (Å²) in [7, 11) is 2.04. The van der Waals surface area contributed by atoms with Crippen LogP contribution in [0.25, 0.3) is 0 Å². The number of hydrogen-bond acceptors (Lipinski definition) is 5. The van der Waals surface area contributed by atoms with Crippen LogP contribution in [0, 0.1) is 5.92 Å². The van der Waals surface area contributed by atoms with E-state index in [-0.39, 0.29) is 6.10 Å². The average molecular weight is 284 g/mol. The van der Waals surface area contributed by atoms with Crippen molar-refractivity contribution in [3.05, 3.63) is 15.6 Å². The molecule has 0 bridgehead atoms. The van der Waals surface area contributed by atoms with Gasteiger partial charge in [-0.15, -0.1) is 11.3 Å². The summed E-state index contributed by atoms with van der Waals surface area (Å²) in [5.41, 5.74) is 0.694. The van der Waals surface area contributed by atoms with Crippen LogP contribution >= 0.6 is 11.3 Å². The Morgan fingerprint density at radius 3 is 2.95 bits per heavy atom. The number of hydrogen-bond donors (Lipinski definition) is 1. The van der Waals surface area contributed by atoms with E-state index in [0.717, 1.165) is 18.1 Å². The smallest absolute Gasteiger partial charge is 0.347 e. The highest BCUT2D eigenvalue weighted by Crippen LogP contribution is 2.29. The molecular weight excluding hydrogens is 264 g/mol. The number of nitrogens with zero attached hydrogens (tertiary/aromatic N) is 2. The molecule has 1 N–H and O–H groups in total. The summed E-state index contributed by atoms with van der Waals surface area (Å²) in [5.74, 6) is -0.494. The number of aromatic nitrogens is 1. The first-order chi connectivity index (χ1) is 8.97. The van der Waals surface area contributed by atoms with Crippen LogP contribution in [0.15, 0.2) is 0 Å². The Hall–Kier alpha value is -0.980. The number of carboxylic acids is 1. The molecule has 19 heavy (non-hydrogen) atoms. The van der Waals surface area contributed by atoms with Gasteiger partial charge in [-0.3, -0.25) is 0 Å². The maximum atomic E-state index is 11.3. The van der Waals surface area contributed by atoms with Crippen LogP contribution in [0.4, 0.5) is 0 Å². The number of carbonyl (C=O) groups is 1. The van der Waals surface area contributed by atoms with Crippen molar-refractivity contribution in [3.8, 4) is 0 Å². The third kappa shape index (κ3) is 3.52. The van der Waals surface area contributed by atoms with Crippen molar-refractivity contribution >= 4 is 17.3 Å². The first-order valence-electron chi connectivity index (χ1n) is 6.50. The summed E-state index contributed by atoms with van der Waals surface area (Å²) in [6, 6.07) is 0. The summed E-state index contributed by atoms with van der Waals surface area (Å²) in [6.45, 7) is 6.48. The number of thiazole rings is 1. The molecule has 1 aromatic heterocycles. The molecule has 1 unspecified atom stereocenters. The van der Waals surface area contributed by atoms with E-state index in [4.69, 9.17) is 4.74 Å². The molecule has 1 aliphatic rings. The van der Waals surface area contributed by atoms with E-state index in [1.165, 1.54) is 11.3 Å². The van der Waals surface area contributed by atoms with Gasteiger partial charge in [-0.2, -0.15) is 0 Å². The molecule has 0 spiro atoms. The zero-order chi connectivity index (χ0) is 14.0. The molecule has 106 valence electrons. The molecule has 1 aromatic rings. The van der Waals surface area contributed by atoms with Crippen molar-refractivity contribution < 1.29 is 14.6 Å². The highest BCUT2D eigenvalue weighted by Gasteiger charge is 2.26. The van der Waals surface area contributed by atoms with Crippen molar-refractivity contribution in [2.45, 2.75) is 26.4 Å². The normalized spacial score (nSPS) is 20.9. The monoisotopic (exact) mass is 284 g/mol. The van der Waals surface area contributed by atoms with Crippen molar-refractivity contribution in [3.63, 3.8) is 0 Å². The maximum absolute atomic E-state index is 11.3. The predicted octanol–water partition coefficient (Wildman–Crippen LogP) is 2.04. The molecule has 0 saturated carbocycles. The Balaban J connectivity index is 2.23. The van der Waals surface area contributed by atoms with E-state index in [9.17, 15) is 9.90 Å². The molecule has 1 fully saturated rings. The fourth-order valence-electron chi connectivity index (χ4n) is 2.13. The predicted molar refractivity (Wildman–Crippen MR) is 73.8 cm³/mol. The molecule has 1 aliphatic heterocycles. The number of likely N-dealkylation sites (N-methyl/N-ethyl adjacent to an activating group) is 1. The number of aromatic carboxylic acids is 1. The standard InChI is InChI=1S/C13H20N2O3S/c1-8(2)6-9-11(13(16)17)19-12(14-9)10-7-15(3)4-5-18-10/h8,10H,4-7H2,1-3H3,(H,16,17). The molecule has 0 radical (unpaired) electrons. The summed E-state index contributed by atoms with van der Waals surface area (Å²) in [6.07, 6.45) is 0.600. The zero-order valence-corrected chi connectivity index (χ0v) is 12.4. The SMILES string of the molecule is CC(C)Cc1nc(C2CN(C)CCO2)sc1C(=O)O. The van der Waals surface area contributed by atoms with Gasteiger partial charge in [-0.05, 0) is 19.4 Å². The van der Waals surface area contributed by atoms with Crippen molar-refractivity contribution in [2.24, 2.45) is 5.92 Å². The quantitative estimate of drug-likeness (QED) is 0.916. The summed E-state index contributed by atoms with van der Waals surface area (Å²) in [5, 5.41) is 10.1. The van der Waals surface area contributed by atoms with E-state index in [0.29, 0.717) is 29.5 Å². The lowest BCUT2D eigenvalue weighted by atomic mass is 10.1. The maximum Gasteiger partial charge on any atom is 0.347 e. The van der Waals surface area contributed by atoms with Gasteiger partial charge in [-0.25, -0.2) is 9.78 Å². The van der Waals surface area contributed by atoms with Crippen LogP contribution in [0.1, 0.15) is 40.3 Å². The Labute approximate surface area is 117 Å². The lowest BCUT2D eigenvalue weighted by molar-refractivity contribution is -0.0210. The highest BCUT2D eigenvalue weighted by atomic mass is 32.1. The van der Waals surface area contributed by atoms with Gasteiger partial charge in [0.15, 0.2) is 0 Å². The summed E-state index contributed by atoms with van der Waals surface area (Å²) >= 11 is 1.26. The minimum absolute atomic E-state index is 0.0947. The Morgan fingerprint density at radius 2 is 2.37 bits per heavy atom. The zero-order valence-electron chi connectivity index (χ0n) is 11.5. The second-order valence-electron chi connectivity index (χ2n) is 5.35. The summed E-state index contributed by atoms with van der Waals surface area (Å²) < 4.78 is 5.70. The number of morpholine rings is 1. The topological polar surface area (TPSA) is 62.7 Å². The number of rotatable bonds is 4. The second kappa shape index (κ2) is 5.98. The minimum Gasteiger partial charge on any atom is -0.477 e. The molecule has 1 saturated heterocycles. The molecule has 6 heteroatoms. The van der Waals surface area contributed by atoms with E-state index in [1.807, 2.05) is 7.05 Å². The van der Waals surface area contributed by atoms with Crippen LogP contribution in [0.3, 0.4) is 0 Å². The van der Waals surface area contributed by atoms with Crippen molar-refractivity contribution in [1.82, 2.24) is 9.88 Å². The second-order valence-corrected chi connectivity index (χ2v) is 6.38. The Bertz CT molecular complexity index is 459.